The van der Waals surface area contributed by atoms with Gasteiger partial charge in [0.2, 0.25) is 0 Å². The van der Waals surface area contributed by atoms with Crippen molar-refractivity contribution in [2.75, 3.05) is 18.4 Å². The van der Waals surface area contributed by atoms with Crippen LogP contribution in [0.15, 0.2) is 53.9 Å². The van der Waals surface area contributed by atoms with Gasteiger partial charge in [-0.2, -0.15) is 0 Å². The highest BCUT2D eigenvalue weighted by molar-refractivity contribution is 7.18. The number of aliphatic imine (C=N–C) groups is 1. The maximum absolute atomic E-state index is 13.8. The maximum atomic E-state index is 13.8. The number of benzene rings is 1. The molecule has 2 N–H and O–H groups in total. The number of hydrogen-bond donors (Lipinski definition) is 2. The van der Waals surface area contributed by atoms with E-state index in [0.29, 0.717) is 22.9 Å². The number of halogens is 1. The van der Waals surface area contributed by atoms with E-state index in [1.54, 1.807) is 23.6 Å². The Morgan fingerprint density at radius 2 is 2.03 bits per heavy atom. The van der Waals surface area contributed by atoms with E-state index in [1.807, 2.05) is 6.07 Å². The molecule has 1 atom stereocenters. The minimum atomic E-state index is -0.345. The van der Waals surface area contributed by atoms with E-state index in [0.717, 1.165) is 41.5 Å². The average Bonchev–Trinajstić information content (AvgIpc) is 3.45. The lowest BCUT2D eigenvalue weighted by Gasteiger charge is -2.12. The Balaban J connectivity index is 1.15. The molecule has 5 rings (SSSR count). The van der Waals surface area contributed by atoms with Crippen molar-refractivity contribution in [2.45, 2.75) is 26.3 Å². The number of anilines is 1. The summed E-state index contributed by atoms with van der Waals surface area (Å²) >= 11 is 1.56. The molecule has 0 radical (unpaired) electrons. The van der Waals surface area contributed by atoms with Crippen LogP contribution >= 0.6 is 11.3 Å². The molecule has 33 heavy (non-hydrogen) atoms. The number of nitrogens with zero attached hydrogens (tertiary/aromatic N) is 5. The van der Waals surface area contributed by atoms with Crippen LogP contribution in [-0.2, 0) is 19.4 Å². The van der Waals surface area contributed by atoms with Gasteiger partial charge in [-0.1, -0.05) is 36.5 Å². The third-order valence-electron chi connectivity index (χ3n) is 5.66. The first-order valence-electron chi connectivity index (χ1n) is 11.0. The smallest absolute Gasteiger partial charge is 0.157 e. The molecule has 0 saturated carbocycles. The Kier molecular flexibility index (Phi) is 6.32. The molecule has 0 fully saturated rings. The summed E-state index contributed by atoms with van der Waals surface area (Å²) < 4.78 is 13.8. The van der Waals surface area contributed by atoms with Gasteiger partial charge >= 0.3 is 0 Å². The summed E-state index contributed by atoms with van der Waals surface area (Å²) in [6, 6.07) is 11.3. The monoisotopic (exact) mass is 461 g/mol. The lowest BCUT2D eigenvalue weighted by atomic mass is 10.0. The molecule has 4 aromatic rings. The molecule has 1 unspecified atom stereocenters. The largest absolute Gasteiger partial charge is 0.362 e. The summed E-state index contributed by atoms with van der Waals surface area (Å²) in [7, 11) is 0. The minimum absolute atomic E-state index is 0.235. The summed E-state index contributed by atoms with van der Waals surface area (Å²) in [4.78, 5) is 23.0. The summed E-state index contributed by atoms with van der Waals surface area (Å²) in [5.41, 5.74) is 4.70. The highest BCUT2D eigenvalue weighted by Gasteiger charge is 2.19. The lowest BCUT2D eigenvalue weighted by molar-refractivity contribution is 0.602. The zero-order valence-electron chi connectivity index (χ0n) is 18.3. The number of rotatable bonds is 9. The van der Waals surface area contributed by atoms with Crippen molar-refractivity contribution in [3.63, 3.8) is 0 Å². The molecule has 1 aliphatic heterocycles. The molecule has 0 saturated heterocycles. The fourth-order valence-electron chi connectivity index (χ4n) is 3.82. The van der Waals surface area contributed by atoms with Crippen molar-refractivity contribution in [3.05, 3.63) is 71.0 Å². The second-order valence-electron chi connectivity index (χ2n) is 8.03. The van der Waals surface area contributed by atoms with Gasteiger partial charge in [0.25, 0.3) is 0 Å². The summed E-state index contributed by atoms with van der Waals surface area (Å²) in [6.45, 7) is 4.14. The Labute approximate surface area is 195 Å². The molecule has 0 amide bonds. The van der Waals surface area contributed by atoms with Crippen molar-refractivity contribution in [1.29, 1.82) is 0 Å². The fraction of sp³-hybridized carbons (Fsp3) is 0.292. The van der Waals surface area contributed by atoms with Crippen LogP contribution in [0.4, 0.5) is 15.9 Å². The van der Waals surface area contributed by atoms with Gasteiger partial charge < -0.3 is 10.6 Å². The highest BCUT2D eigenvalue weighted by Crippen LogP contribution is 2.28. The molecular weight excluding hydrogens is 437 g/mol. The first-order valence-corrected chi connectivity index (χ1v) is 11.8. The van der Waals surface area contributed by atoms with E-state index in [1.165, 1.54) is 23.7 Å². The van der Waals surface area contributed by atoms with Crippen LogP contribution < -0.4 is 10.6 Å². The molecule has 0 aliphatic carbocycles. The van der Waals surface area contributed by atoms with Gasteiger partial charge in [-0.3, -0.25) is 9.98 Å². The fourth-order valence-corrected chi connectivity index (χ4v) is 4.73. The normalized spacial score (nSPS) is 13.7. The number of nitrogens with one attached hydrogen (secondary N) is 2. The third kappa shape index (κ3) is 4.89. The predicted octanol–water partition coefficient (Wildman–Crippen LogP) is 4.33. The van der Waals surface area contributed by atoms with E-state index in [4.69, 9.17) is 9.98 Å². The van der Waals surface area contributed by atoms with Gasteiger partial charge in [0.05, 0.1) is 22.9 Å². The van der Waals surface area contributed by atoms with Gasteiger partial charge in [0, 0.05) is 43.8 Å². The molecule has 7 nitrogen and oxygen atoms in total. The Morgan fingerprint density at radius 3 is 2.91 bits per heavy atom. The van der Waals surface area contributed by atoms with Gasteiger partial charge in [0.15, 0.2) is 5.82 Å². The second kappa shape index (κ2) is 9.68. The van der Waals surface area contributed by atoms with Gasteiger partial charge in [-0.25, -0.2) is 19.3 Å². The first-order chi connectivity index (χ1) is 16.2. The quantitative estimate of drug-likeness (QED) is 0.361. The van der Waals surface area contributed by atoms with Crippen LogP contribution in [0.3, 0.4) is 0 Å². The Bertz CT molecular complexity index is 1300. The van der Waals surface area contributed by atoms with Gasteiger partial charge in [-0.05, 0) is 23.8 Å². The van der Waals surface area contributed by atoms with Crippen LogP contribution in [0.1, 0.15) is 23.2 Å². The summed E-state index contributed by atoms with van der Waals surface area (Å²) in [6.07, 6.45) is 4.81. The molecule has 4 heterocycles. The van der Waals surface area contributed by atoms with Gasteiger partial charge in [0.1, 0.15) is 22.5 Å². The molecule has 9 heteroatoms. The molecule has 0 bridgehead atoms. The second-order valence-corrected chi connectivity index (χ2v) is 9.09. The van der Waals surface area contributed by atoms with Crippen molar-refractivity contribution >= 4 is 38.9 Å². The number of fused-ring (bicyclic) bond motifs is 2. The van der Waals surface area contributed by atoms with Crippen molar-refractivity contribution in [1.82, 2.24) is 25.3 Å². The third-order valence-corrected chi connectivity index (χ3v) is 6.68. The number of aromatic nitrogens is 4. The number of pyridine rings is 1. The van der Waals surface area contributed by atoms with Crippen LogP contribution in [0.25, 0.3) is 10.3 Å². The lowest BCUT2D eigenvalue weighted by Crippen LogP contribution is -2.28. The van der Waals surface area contributed by atoms with Crippen molar-refractivity contribution in [2.24, 2.45) is 10.9 Å². The standard InChI is InChI=1S/C24H24FN7S/c1-15(19-11-16-5-2-3-7-18(16)31-19)12-26-10-8-21-32-22-23(29-14-30-24(22)33-21)28-13-20-17(25)6-4-9-27-20/h2-7,9,14-15,26H,8,10-13H2,1H3,(H,28,29,30). The molecule has 3 aromatic heterocycles. The zero-order chi connectivity index (χ0) is 22.6. The summed E-state index contributed by atoms with van der Waals surface area (Å²) in [5.74, 6) is 0.622. The molecule has 168 valence electrons. The van der Waals surface area contributed by atoms with Crippen LogP contribution in [0.5, 0.6) is 0 Å². The zero-order valence-corrected chi connectivity index (χ0v) is 19.1. The molecular formula is C24H24FN7S. The minimum Gasteiger partial charge on any atom is -0.362 e. The van der Waals surface area contributed by atoms with E-state index in [2.05, 4.69) is 50.7 Å². The van der Waals surface area contributed by atoms with Crippen molar-refractivity contribution < 1.29 is 4.39 Å². The number of para-hydroxylation sites is 1. The van der Waals surface area contributed by atoms with E-state index >= 15 is 0 Å². The Hall–Kier alpha value is -3.30. The Morgan fingerprint density at radius 1 is 1.12 bits per heavy atom. The molecule has 1 aromatic carbocycles. The van der Waals surface area contributed by atoms with Crippen LogP contribution in [-0.4, -0.2) is 38.7 Å². The van der Waals surface area contributed by atoms with Crippen LogP contribution in [0.2, 0.25) is 0 Å². The number of hydrogen-bond acceptors (Lipinski definition) is 8. The number of thiazole rings is 1. The predicted molar refractivity (Wildman–Crippen MR) is 130 cm³/mol. The van der Waals surface area contributed by atoms with Gasteiger partial charge in [-0.15, -0.1) is 0 Å². The van der Waals surface area contributed by atoms with E-state index in [-0.39, 0.29) is 12.4 Å². The van der Waals surface area contributed by atoms with E-state index < -0.39 is 0 Å². The molecule has 0 spiro atoms. The van der Waals surface area contributed by atoms with Crippen LogP contribution in [0, 0.1) is 11.7 Å². The highest BCUT2D eigenvalue weighted by atomic mass is 32.1. The van der Waals surface area contributed by atoms with Crippen molar-refractivity contribution in [3.8, 4) is 0 Å². The summed E-state index contributed by atoms with van der Waals surface area (Å²) in [5, 5.41) is 7.66. The average molecular weight is 462 g/mol. The maximum Gasteiger partial charge on any atom is 0.157 e. The topological polar surface area (TPSA) is 88.0 Å². The molecule has 1 aliphatic rings. The first kappa shape index (κ1) is 21.5. The SMILES string of the molecule is CC(CNCCc1nc2c(NCc3ncccc3F)ncnc2s1)C1=Nc2ccccc2C1. The van der Waals surface area contributed by atoms with E-state index in [9.17, 15) is 4.39 Å².